The van der Waals surface area contributed by atoms with Crippen molar-refractivity contribution in [1.29, 1.82) is 0 Å². The first-order chi connectivity index (χ1) is 11.7. The second-order valence-corrected chi connectivity index (χ2v) is 6.63. The van der Waals surface area contributed by atoms with Crippen LogP contribution in [-0.4, -0.2) is 0 Å². The Morgan fingerprint density at radius 2 is 1.42 bits per heavy atom. The minimum absolute atomic E-state index is 0.849. The molecule has 0 heterocycles. The molecule has 0 unspecified atom stereocenters. The predicted molar refractivity (Wildman–Crippen MR) is 111 cm³/mol. The van der Waals surface area contributed by atoms with Crippen molar-refractivity contribution in [1.82, 2.24) is 0 Å². The van der Waals surface area contributed by atoms with E-state index in [-0.39, 0.29) is 0 Å². The molecule has 0 spiro atoms. The van der Waals surface area contributed by atoms with Gasteiger partial charge in [-0.1, -0.05) is 96.5 Å². The lowest BCUT2D eigenvalue weighted by atomic mass is 9.86. The fraction of sp³-hybridized carbons (Fsp3) is 0.217. The van der Waals surface area contributed by atoms with Crippen LogP contribution in [0, 0.1) is 0 Å². The molecule has 0 nitrogen and oxygen atoms in total. The third kappa shape index (κ3) is 4.36. The minimum Gasteiger partial charge on any atom is -0.103 e. The lowest BCUT2D eigenvalue weighted by Crippen LogP contribution is -1.98. The third-order valence-electron chi connectivity index (χ3n) is 4.13. The van der Waals surface area contributed by atoms with E-state index in [0.29, 0.717) is 0 Å². The SMILES string of the molecule is C=CC/C(=C(\C(CC)=C(/Br)CC)c1ccccc1)c1ccccc1. The molecule has 2 aromatic rings. The normalized spacial score (nSPS) is 13.1. The Labute approximate surface area is 154 Å². The van der Waals surface area contributed by atoms with Gasteiger partial charge in [0.05, 0.1) is 0 Å². The summed E-state index contributed by atoms with van der Waals surface area (Å²) in [5, 5.41) is 0. The van der Waals surface area contributed by atoms with Crippen LogP contribution < -0.4 is 0 Å². The van der Waals surface area contributed by atoms with Crippen LogP contribution in [-0.2, 0) is 0 Å². The summed E-state index contributed by atoms with van der Waals surface area (Å²) < 4.78 is 1.28. The highest BCUT2D eigenvalue weighted by Gasteiger charge is 2.16. The molecule has 0 saturated carbocycles. The first-order valence-electron chi connectivity index (χ1n) is 8.55. The van der Waals surface area contributed by atoms with Gasteiger partial charge in [-0.25, -0.2) is 0 Å². The monoisotopic (exact) mass is 380 g/mol. The minimum atomic E-state index is 0.849. The Morgan fingerprint density at radius 3 is 1.88 bits per heavy atom. The van der Waals surface area contributed by atoms with E-state index in [1.165, 1.54) is 32.3 Å². The maximum Gasteiger partial charge on any atom is -0.00139 e. The molecule has 0 amide bonds. The topological polar surface area (TPSA) is 0 Å². The highest BCUT2D eigenvalue weighted by molar-refractivity contribution is 9.11. The van der Waals surface area contributed by atoms with Gasteiger partial charge in [0.2, 0.25) is 0 Å². The molecule has 24 heavy (non-hydrogen) atoms. The van der Waals surface area contributed by atoms with E-state index >= 15 is 0 Å². The zero-order valence-corrected chi connectivity index (χ0v) is 16.1. The summed E-state index contributed by atoms with van der Waals surface area (Å²) in [4.78, 5) is 0. The van der Waals surface area contributed by atoms with Gasteiger partial charge in [-0.3, -0.25) is 0 Å². The first kappa shape index (κ1) is 18.5. The fourth-order valence-electron chi connectivity index (χ4n) is 3.00. The average molecular weight is 381 g/mol. The molecule has 0 aromatic heterocycles. The second-order valence-electron chi connectivity index (χ2n) is 5.67. The molecule has 2 aromatic carbocycles. The van der Waals surface area contributed by atoms with E-state index in [2.05, 4.69) is 97.0 Å². The maximum atomic E-state index is 3.99. The summed E-state index contributed by atoms with van der Waals surface area (Å²) in [5.74, 6) is 0. The van der Waals surface area contributed by atoms with Gasteiger partial charge < -0.3 is 0 Å². The Kier molecular flexibility index (Phi) is 7.27. The molecular weight excluding hydrogens is 356 g/mol. The van der Waals surface area contributed by atoms with E-state index in [0.717, 1.165) is 19.3 Å². The van der Waals surface area contributed by atoms with E-state index < -0.39 is 0 Å². The molecule has 124 valence electrons. The highest BCUT2D eigenvalue weighted by Crippen LogP contribution is 2.39. The number of allylic oxidation sites excluding steroid dienone is 5. The Balaban J connectivity index is 2.82. The van der Waals surface area contributed by atoms with Gasteiger partial charge in [-0.15, -0.1) is 6.58 Å². The second kappa shape index (κ2) is 9.44. The molecule has 2 rings (SSSR count). The van der Waals surface area contributed by atoms with Gasteiger partial charge >= 0.3 is 0 Å². The van der Waals surface area contributed by atoms with Crippen molar-refractivity contribution in [2.45, 2.75) is 33.1 Å². The van der Waals surface area contributed by atoms with Crippen LogP contribution in [0.5, 0.6) is 0 Å². The zero-order chi connectivity index (χ0) is 17.4. The van der Waals surface area contributed by atoms with Crippen LogP contribution in [0.1, 0.15) is 44.2 Å². The summed E-state index contributed by atoms with van der Waals surface area (Å²) in [6, 6.07) is 21.3. The number of hydrogen-bond acceptors (Lipinski definition) is 0. The van der Waals surface area contributed by atoms with E-state index in [1.54, 1.807) is 0 Å². The molecule has 0 aliphatic rings. The molecule has 0 N–H and O–H groups in total. The standard InChI is InChI=1S/C23H25Br/c1-4-13-21(18-14-9-7-10-15-18)23(19-16-11-8-12-17-19)20(5-2)22(24)6-3/h4,7-12,14-17H,1,5-6,13H2,2-3H3/b22-20-,23-21+. The van der Waals surface area contributed by atoms with Gasteiger partial charge in [0.1, 0.15) is 0 Å². The predicted octanol–water partition coefficient (Wildman–Crippen LogP) is 7.64. The van der Waals surface area contributed by atoms with Crippen LogP contribution in [0.15, 0.2) is 83.4 Å². The van der Waals surface area contributed by atoms with Crippen LogP contribution >= 0.6 is 15.9 Å². The molecule has 0 fully saturated rings. The number of benzene rings is 2. The summed E-state index contributed by atoms with van der Waals surface area (Å²) >= 11 is 3.81. The van der Waals surface area contributed by atoms with Crippen LogP contribution in [0.25, 0.3) is 11.1 Å². The zero-order valence-electron chi connectivity index (χ0n) is 14.6. The van der Waals surface area contributed by atoms with Crippen molar-refractivity contribution in [3.05, 3.63) is 94.5 Å². The number of halogens is 1. The van der Waals surface area contributed by atoms with Crippen molar-refractivity contribution in [2.75, 3.05) is 0 Å². The Bertz CT molecular complexity index is 721. The fourth-order valence-corrected chi connectivity index (χ4v) is 3.48. The number of rotatable bonds is 7. The highest BCUT2D eigenvalue weighted by atomic mass is 79.9. The summed E-state index contributed by atoms with van der Waals surface area (Å²) in [6.07, 6.45) is 4.84. The average Bonchev–Trinajstić information content (AvgIpc) is 2.65. The third-order valence-corrected chi connectivity index (χ3v) is 5.17. The Hall–Kier alpha value is -1.86. The summed E-state index contributed by atoms with van der Waals surface area (Å²) in [7, 11) is 0. The van der Waals surface area contributed by atoms with Gasteiger partial charge in [0, 0.05) is 0 Å². The van der Waals surface area contributed by atoms with Crippen LogP contribution in [0.2, 0.25) is 0 Å². The molecule has 0 aliphatic heterocycles. The molecule has 0 radical (unpaired) electrons. The van der Waals surface area contributed by atoms with Crippen molar-refractivity contribution in [2.24, 2.45) is 0 Å². The molecule has 0 saturated heterocycles. The van der Waals surface area contributed by atoms with Crippen molar-refractivity contribution >= 4 is 27.1 Å². The van der Waals surface area contributed by atoms with Gasteiger partial charge in [0.25, 0.3) is 0 Å². The van der Waals surface area contributed by atoms with Gasteiger partial charge in [0.15, 0.2) is 0 Å². The first-order valence-corrected chi connectivity index (χ1v) is 9.34. The van der Waals surface area contributed by atoms with Crippen molar-refractivity contribution in [3.63, 3.8) is 0 Å². The van der Waals surface area contributed by atoms with Crippen molar-refractivity contribution in [3.8, 4) is 0 Å². The Morgan fingerprint density at radius 1 is 0.875 bits per heavy atom. The van der Waals surface area contributed by atoms with E-state index in [4.69, 9.17) is 0 Å². The summed E-state index contributed by atoms with van der Waals surface area (Å²) in [6.45, 7) is 8.41. The molecular formula is C23H25Br. The van der Waals surface area contributed by atoms with E-state index in [1.807, 2.05) is 6.08 Å². The lowest BCUT2D eigenvalue weighted by molar-refractivity contribution is 1.09. The van der Waals surface area contributed by atoms with Crippen LogP contribution in [0.3, 0.4) is 0 Å². The largest absolute Gasteiger partial charge is 0.103 e. The quantitative estimate of drug-likeness (QED) is 0.263. The summed E-state index contributed by atoms with van der Waals surface area (Å²) in [5.41, 5.74) is 6.57. The molecule has 1 heteroatoms. The van der Waals surface area contributed by atoms with Crippen molar-refractivity contribution < 1.29 is 0 Å². The smallest absolute Gasteiger partial charge is 0.00139 e. The van der Waals surface area contributed by atoms with E-state index in [9.17, 15) is 0 Å². The molecule has 0 aliphatic carbocycles. The number of hydrogen-bond donors (Lipinski definition) is 0. The lowest BCUT2D eigenvalue weighted by Gasteiger charge is -2.20. The molecule has 0 atom stereocenters. The maximum absolute atomic E-state index is 3.99. The van der Waals surface area contributed by atoms with Gasteiger partial charge in [-0.2, -0.15) is 0 Å². The van der Waals surface area contributed by atoms with Crippen LogP contribution in [0.4, 0.5) is 0 Å². The van der Waals surface area contributed by atoms with Gasteiger partial charge in [-0.05, 0) is 51.6 Å². The molecule has 0 bridgehead atoms.